The van der Waals surface area contributed by atoms with Crippen molar-refractivity contribution in [2.45, 2.75) is 18.9 Å². The lowest BCUT2D eigenvalue weighted by Crippen LogP contribution is -2.27. The number of rotatable bonds is 8. The largest absolute Gasteiger partial charge is 0.478 e. The third-order valence-corrected chi connectivity index (χ3v) is 5.80. The molecule has 0 bridgehead atoms. The predicted octanol–water partition coefficient (Wildman–Crippen LogP) is 5.69. The highest BCUT2D eigenvalue weighted by Gasteiger charge is 2.33. The number of nitrogens with zero attached hydrogens (tertiary/aromatic N) is 1. The van der Waals surface area contributed by atoms with E-state index in [1.54, 1.807) is 23.1 Å². The predicted molar refractivity (Wildman–Crippen MR) is 108 cm³/mol. The van der Waals surface area contributed by atoms with Crippen LogP contribution in [0.4, 0.5) is 22.0 Å². The topological polar surface area (TPSA) is 40.5 Å². The van der Waals surface area contributed by atoms with Gasteiger partial charge < -0.3 is 10.0 Å². The molecule has 0 aromatic heterocycles. The minimum absolute atomic E-state index is 0.0329. The van der Waals surface area contributed by atoms with Crippen molar-refractivity contribution in [3.8, 4) is 0 Å². The van der Waals surface area contributed by atoms with Crippen molar-refractivity contribution < 1.29 is 31.9 Å². The van der Waals surface area contributed by atoms with E-state index in [9.17, 15) is 31.9 Å². The van der Waals surface area contributed by atoms with E-state index in [4.69, 9.17) is 0 Å². The second-order valence-corrected chi connectivity index (χ2v) is 7.95. The number of benzene rings is 2. The van der Waals surface area contributed by atoms with E-state index >= 15 is 0 Å². The Hall–Kier alpha value is -2.81. The van der Waals surface area contributed by atoms with Crippen LogP contribution in [0.3, 0.4) is 0 Å². The van der Waals surface area contributed by atoms with Crippen molar-refractivity contribution in [3.63, 3.8) is 0 Å². The molecule has 0 radical (unpaired) electrons. The average molecular weight is 455 g/mol. The molecule has 2 aromatic carbocycles. The maximum Gasteiger partial charge on any atom is 0.338 e. The summed E-state index contributed by atoms with van der Waals surface area (Å²) >= 11 is 0.945. The molecule has 0 saturated carbocycles. The first-order chi connectivity index (χ1) is 14.7. The van der Waals surface area contributed by atoms with Gasteiger partial charge in [0.15, 0.2) is 11.6 Å². The van der Waals surface area contributed by atoms with E-state index in [1.807, 2.05) is 0 Å². The van der Waals surface area contributed by atoms with Gasteiger partial charge in [0.05, 0.1) is 10.6 Å². The van der Waals surface area contributed by atoms with Crippen molar-refractivity contribution in [2.24, 2.45) is 0 Å². The lowest BCUT2D eigenvalue weighted by Gasteiger charge is -2.30. The molecule has 31 heavy (non-hydrogen) atoms. The number of alkyl halides is 2. The number of carboxylic acid groups (broad SMARTS) is 1. The van der Waals surface area contributed by atoms with Crippen molar-refractivity contribution >= 4 is 17.7 Å². The molecule has 2 aromatic rings. The van der Waals surface area contributed by atoms with E-state index in [-0.39, 0.29) is 17.9 Å². The number of carboxylic acids is 1. The first kappa shape index (κ1) is 22.9. The van der Waals surface area contributed by atoms with Crippen molar-refractivity contribution in [2.75, 3.05) is 12.3 Å². The molecule has 3 rings (SSSR count). The smallest absolute Gasteiger partial charge is 0.338 e. The summed E-state index contributed by atoms with van der Waals surface area (Å²) in [5.41, 5.74) is 0.0484. The van der Waals surface area contributed by atoms with Gasteiger partial charge in [0.25, 0.3) is 5.92 Å². The Kier molecular flexibility index (Phi) is 7.04. The molecule has 0 unspecified atom stereocenters. The fraction of sp³-hybridized carbons (Fsp3) is 0.227. The van der Waals surface area contributed by atoms with E-state index in [1.165, 1.54) is 18.2 Å². The maximum absolute atomic E-state index is 14.5. The second kappa shape index (κ2) is 9.55. The molecule has 3 nitrogen and oxygen atoms in total. The Balaban J connectivity index is 1.74. The number of hydrogen-bond acceptors (Lipinski definition) is 3. The molecule has 1 aliphatic heterocycles. The van der Waals surface area contributed by atoms with Gasteiger partial charge in [-0.2, -0.15) is 0 Å². The van der Waals surface area contributed by atoms with Gasteiger partial charge in [0, 0.05) is 30.8 Å². The minimum Gasteiger partial charge on any atom is -0.478 e. The Labute approximate surface area is 179 Å². The van der Waals surface area contributed by atoms with Crippen LogP contribution in [0, 0.1) is 17.5 Å². The van der Waals surface area contributed by atoms with Crippen LogP contribution in [0.2, 0.25) is 0 Å². The summed E-state index contributed by atoms with van der Waals surface area (Å²) in [6, 6.07) is 7.63. The van der Waals surface area contributed by atoms with Crippen LogP contribution in [0.15, 0.2) is 65.2 Å². The molecule has 0 spiro atoms. The molecular formula is C22H18F5NO2S. The van der Waals surface area contributed by atoms with Gasteiger partial charge in [-0.3, -0.25) is 0 Å². The van der Waals surface area contributed by atoms with Crippen molar-refractivity contribution in [3.05, 3.63) is 93.8 Å². The number of carbonyl (C=O) groups is 1. The highest BCUT2D eigenvalue weighted by Crippen LogP contribution is 2.37. The Morgan fingerprint density at radius 1 is 1.06 bits per heavy atom. The minimum atomic E-state index is -3.42. The lowest BCUT2D eigenvalue weighted by molar-refractivity contribution is -0.132. The third-order valence-electron chi connectivity index (χ3n) is 4.64. The summed E-state index contributed by atoms with van der Waals surface area (Å²) in [5, 5.41) is 9.80. The van der Waals surface area contributed by atoms with E-state index < -0.39 is 41.3 Å². The van der Waals surface area contributed by atoms with Gasteiger partial charge in [-0.05, 0) is 42.0 Å². The van der Waals surface area contributed by atoms with Gasteiger partial charge in [-0.15, -0.1) is 11.8 Å². The van der Waals surface area contributed by atoms with Crippen molar-refractivity contribution in [1.82, 2.24) is 4.90 Å². The molecule has 1 N–H and O–H groups in total. The van der Waals surface area contributed by atoms with E-state index in [0.29, 0.717) is 23.7 Å². The molecule has 0 amide bonds. The zero-order valence-electron chi connectivity index (χ0n) is 16.1. The number of thioether (sulfide) groups is 1. The normalized spacial score (nSPS) is 14.3. The summed E-state index contributed by atoms with van der Waals surface area (Å²) in [4.78, 5) is 13.3. The summed E-state index contributed by atoms with van der Waals surface area (Å²) < 4.78 is 68.4. The average Bonchev–Trinajstić information content (AvgIpc) is 2.72. The zero-order chi connectivity index (χ0) is 22.6. The van der Waals surface area contributed by atoms with Gasteiger partial charge in [-0.25, -0.2) is 26.7 Å². The van der Waals surface area contributed by atoms with E-state index in [0.717, 1.165) is 23.4 Å². The molecule has 1 heterocycles. The number of halogens is 5. The summed E-state index contributed by atoms with van der Waals surface area (Å²) in [6.07, 6.45) is 2.36. The first-order valence-corrected chi connectivity index (χ1v) is 10.3. The highest BCUT2D eigenvalue weighted by molar-refractivity contribution is 8.03. The standard InChI is InChI=1S/C22H18F5NO2S/c23-16-6-3-14(4-7-16)13-28-10-1-2-17(21(29)30)20(28)31-11-9-22(26,27)15-5-8-18(24)19(25)12-15/h1-8,12H,9-11,13H2,(H,29,30). The van der Waals surface area contributed by atoms with Crippen LogP contribution in [0.1, 0.15) is 17.5 Å². The summed E-state index contributed by atoms with van der Waals surface area (Å²) in [7, 11) is 0. The summed E-state index contributed by atoms with van der Waals surface area (Å²) in [6.45, 7) is 0.624. The lowest BCUT2D eigenvalue weighted by atomic mass is 10.1. The number of hydrogen-bond donors (Lipinski definition) is 1. The van der Waals surface area contributed by atoms with Gasteiger partial charge in [0.1, 0.15) is 5.82 Å². The Bertz CT molecular complexity index is 1020. The molecule has 9 heteroatoms. The highest BCUT2D eigenvalue weighted by atomic mass is 32.2. The van der Waals surface area contributed by atoms with Crippen LogP contribution in [0.5, 0.6) is 0 Å². The van der Waals surface area contributed by atoms with Crippen molar-refractivity contribution in [1.29, 1.82) is 0 Å². The summed E-state index contributed by atoms with van der Waals surface area (Å²) in [5.74, 6) is -7.75. The van der Waals surface area contributed by atoms with Crippen LogP contribution >= 0.6 is 11.8 Å². The third kappa shape index (κ3) is 5.66. The zero-order valence-corrected chi connectivity index (χ0v) is 16.9. The molecule has 1 aliphatic rings. The molecule has 0 aliphatic carbocycles. The molecular weight excluding hydrogens is 437 g/mol. The Morgan fingerprint density at radius 2 is 1.77 bits per heavy atom. The molecule has 0 atom stereocenters. The maximum atomic E-state index is 14.5. The number of aliphatic carboxylic acids is 1. The second-order valence-electron chi connectivity index (χ2n) is 6.87. The Morgan fingerprint density at radius 3 is 2.42 bits per heavy atom. The molecule has 164 valence electrons. The van der Waals surface area contributed by atoms with E-state index in [2.05, 4.69) is 0 Å². The molecule has 0 saturated heterocycles. The van der Waals surface area contributed by atoms with Crippen LogP contribution in [-0.4, -0.2) is 28.3 Å². The fourth-order valence-corrected chi connectivity index (χ4v) is 4.23. The van der Waals surface area contributed by atoms with Gasteiger partial charge >= 0.3 is 5.97 Å². The van der Waals surface area contributed by atoms with Crippen LogP contribution in [-0.2, 0) is 17.3 Å². The molecule has 0 fully saturated rings. The fourth-order valence-electron chi connectivity index (χ4n) is 3.04. The van der Waals surface area contributed by atoms with Gasteiger partial charge in [-0.1, -0.05) is 18.2 Å². The monoisotopic (exact) mass is 455 g/mol. The van der Waals surface area contributed by atoms with Crippen LogP contribution in [0.25, 0.3) is 0 Å². The first-order valence-electron chi connectivity index (χ1n) is 9.27. The quantitative estimate of drug-likeness (QED) is 0.520. The SMILES string of the molecule is O=C(O)C1=C(SCCC(F)(F)c2ccc(F)c(F)c2)N(Cc2ccc(F)cc2)CC=C1. The van der Waals surface area contributed by atoms with Crippen LogP contribution < -0.4 is 0 Å². The van der Waals surface area contributed by atoms with Gasteiger partial charge in [0.2, 0.25) is 0 Å².